The summed E-state index contributed by atoms with van der Waals surface area (Å²) in [7, 11) is 1.30. The van der Waals surface area contributed by atoms with E-state index < -0.39 is 11.5 Å². The van der Waals surface area contributed by atoms with E-state index in [0.29, 0.717) is 12.8 Å². The zero-order chi connectivity index (χ0) is 12.7. The third kappa shape index (κ3) is 2.98. The number of carbonyl (C=O) groups is 1. The van der Waals surface area contributed by atoms with Crippen molar-refractivity contribution >= 4 is 5.97 Å². The first-order valence-corrected chi connectivity index (χ1v) is 5.37. The summed E-state index contributed by atoms with van der Waals surface area (Å²) in [4.78, 5) is 14.5. The van der Waals surface area contributed by atoms with Crippen LogP contribution in [0, 0.1) is 0 Å². The molecule has 0 saturated carbocycles. The molecule has 0 fully saturated rings. The smallest absolute Gasteiger partial charge is 0.318 e. The second-order valence-corrected chi connectivity index (χ2v) is 3.73. The van der Waals surface area contributed by atoms with Crippen molar-refractivity contribution in [1.82, 2.24) is 0 Å². The predicted octanol–water partition coefficient (Wildman–Crippen LogP) is 2.86. The summed E-state index contributed by atoms with van der Waals surface area (Å²) < 4.78 is 4.73. The van der Waals surface area contributed by atoms with Crippen LogP contribution in [0.1, 0.15) is 18.9 Å². The molecule has 5 heteroatoms. The van der Waals surface area contributed by atoms with Gasteiger partial charge in [0.15, 0.2) is 0 Å². The van der Waals surface area contributed by atoms with Crippen LogP contribution in [-0.2, 0) is 16.0 Å². The Kier molecular flexibility index (Phi) is 4.55. The van der Waals surface area contributed by atoms with Crippen LogP contribution in [0.2, 0.25) is 0 Å². The molecular formula is C12H15N3O2. The lowest BCUT2D eigenvalue weighted by Gasteiger charge is -2.24. The third-order valence-electron chi connectivity index (χ3n) is 2.73. The molecule has 0 bridgehead atoms. The molecule has 1 unspecified atom stereocenters. The molecule has 1 atom stereocenters. The highest BCUT2D eigenvalue weighted by atomic mass is 16.5. The van der Waals surface area contributed by atoms with E-state index in [4.69, 9.17) is 10.3 Å². The first-order chi connectivity index (χ1) is 8.18. The van der Waals surface area contributed by atoms with Gasteiger partial charge < -0.3 is 4.74 Å². The van der Waals surface area contributed by atoms with Gasteiger partial charge in [0.1, 0.15) is 5.54 Å². The molecule has 0 aromatic heterocycles. The fourth-order valence-corrected chi connectivity index (χ4v) is 1.70. The lowest BCUT2D eigenvalue weighted by atomic mass is 9.89. The second-order valence-electron chi connectivity index (χ2n) is 3.73. The van der Waals surface area contributed by atoms with E-state index in [-0.39, 0.29) is 0 Å². The number of hydrogen-bond acceptors (Lipinski definition) is 3. The Balaban J connectivity index is 3.06. The van der Waals surface area contributed by atoms with Crippen molar-refractivity contribution < 1.29 is 9.53 Å². The molecule has 90 valence electrons. The number of azide groups is 1. The van der Waals surface area contributed by atoms with Gasteiger partial charge in [-0.15, -0.1) is 0 Å². The van der Waals surface area contributed by atoms with Crippen LogP contribution in [0.15, 0.2) is 35.4 Å². The van der Waals surface area contributed by atoms with Gasteiger partial charge in [-0.2, -0.15) is 0 Å². The molecule has 0 aliphatic carbocycles. The fourth-order valence-electron chi connectivity index (χ4n) is 1.70. The van der Waals surface area contributed by atoms with Crippen LogP contribution in [0.25, 0.3) is 10.4 Å². The molecule has 0 aliphatic rings. The van der Waals surface area contributed by atoms with Gasteiger partial charge in [-0.3, -0.25) is 4.79 Å². The molecule has 0 spiro atoms. The van der Waals surface area contributed by atoms with E-state index in [1.165, 1.54) is 7.11 Å². The standard InChI is InChI=1S/C12H15N3O2/c1-3-12(14-15-13,11(16)17-2)9-10-7-5-4-6-8-10/h4-8H,3,9H2,1-2H3. The summed E-state index contributed by atoms with van der Waals surface area (Å²) in [6.45, 7) is 1.80. The Labute approximate surface area is 100 Å². The Hall–Kier alpha value is -2.00. The van der Waals surface area contributed by atoms with Gasteiger partial charge >= 0.3 is 5.97 Å². The minimum Gasteiger partial charge on any atom is -0.468 e. The molecule has 1 aromatic carbocycles. The maximum absolute atomic E-state index is 11.8. The largest absolute Gasteiger partial charge is 0.468 e. The molecule has 1 aromatic rings. The highest BCUT2D eigenvalue weighted by molar-refractivity contribution is 5.81. The molecule has 0 radical (unpaired) electrons. The quantitative estimate of drug-likeness (QED) is 0.339. The number of esters is 1. The Bertz CT molecular complexity index is 427. The van der Waals surface area contributed by atoms with Gasteiger partial charge in [0, 0.05) is 4.91 Å². The molecule has 0 saturated heterocycles. The van der Waals surface area contributed by atoms with Crippen LogP contribution in [0.5, 0.6) is 0 Å². The number of nitrogens with zero attached hydrogens (tertiary/aromatic N) is 3. The lowest BCUT2D eigenvalue weighted by Crippen LogP contribution is -2.39. The van der Waals surface area contributed by atoms with Crippen molar-refractivity contribution in [3.63, 3.8) is 0 Å². The van der Waals surface area contributed by atoms with Crippen molar-refractivity contribution in [3.05, 3.63) is 46.3 Å². The van der Waals surface area contributed by atoms with Gasteiger partial charge in [0.05, 0.1) is 7.11 Å². The molecule has 0 heterocycles. The summed E-state index contributed by atoms with van der Waals surface area (Å²) in [5.41, 5.74) is 8.40. The molecule has 0 N–H and O–H groups in total. The summed E-state index contributed by atoms with van der Waals surface area (Å²) in [6.07, 6.45) is 0.750. The van der Waals surface area contributed by atoms with E-state index in [0.717, 1.165) is 5.56 Å². The zero-order valence-corrected chi connectivity index (χ0v) is 9.96. The van der Waals surface area contributed by atoms with E-state index in [9.17, 15) is 4.79 Å². The lowest BCUT2D eigenvalue weighted by molar-refractivity contribution is -0.147. The summed E-state index contributed by atoms with van der Waals surface area (Å²) in [6, 6.07) is 9.43. The van der Waals surface area contributed by atoms with Gasteiger partial charge in [-0.1, -0.05) is 42.4 Å². The van der Waals surface area contributed by atoms with E-state index in [1.54, 1.807) is 6.92 Å². The minimum atomic E-state index is -1.15. The monoisotopic (exact) mass is 233 g/mol. The number of rotatable bonds is 5. The van der Waals surface area contributed by atoms with E-state index >= 15 is 0 Å². The molecule has 0 amide bonds. The average Bonchev–Trinajstić information content (AvgIpc) is 2.38. The number of benzene rings is 1. The van der Waals surface area contributed by atoms with Crippen LogP contribution in [0.4, 0.5) is 0 Å². The Morgan fingerprint density at radius 1 is 1.47 bits per heavy atom. The van der Waals surface area contributed by atoms with Crippen molar-refractivity contribution in [3.8, 4) is 0 Å². The van der Waals surface area contributed by atoms with Crippen LogP contribution >= 0.6 is 0 Å². The fraction of sp³-hybridized carbons (Fsp3) is 0.417. The SMILES string of the molecule is CCC(Cc1ccccc1)(N=[N+]=[N-])C(=O)OC. The van der Waals surface area contributed by atoms with Crippen LogP contribution in [0.3, 0.4) is 0 Å². The maximum Gasteiger partial charge on any atom is 0.318 e. The Morgan fingerprint density at radius 3 is 2.59 bits per heavy atom. The number of methoxy groups -OCH3 is 1. The maximum atomic E-state index is 11.8. The first kappa shape index (κ1) is 13.1. The van der Waals surface area contributed by atoms with Crippen LogP contribution < -0.4 is 0 Å². The van der Waals surface area contributed by atoms with Crippen molar-refractivity contribution in [2.75, 3.05) is 7.11 Å². The normalized spacial score (nSPS) is 13.3. The predicted molar refractivity (Wildman–Crippen MR) is 64.3 cm³/mol. The highest BCUT2D eigenvalue weighted by Gasteiger charge is 2.37. The number of carbonyl (C=O) groups excluding carboxylic acids is 1. The second kappa shape index (κ2) is 5.92. The van der Waals surface area contributed by atoms with Gasteiger partial charge in [-0.05, 0) is 23.9 Å². The zero-order valence-electron chi connectivity index (χ0n) is 9.96. The topological polar surface area (TPSA) is 75.1 Å². The molecule has 17 heavy (non-hydrogen) atoms. The minimum absolute atomic E-state index is 0.348. The van der Waals surface area contributed by atoms with Crippen molar-refractivity contribution in [2.45, 2.75) is 25.3 Å². The van der Waals surface area contributed by atoms with Crippen molar-refractivity contribution in [2.24, 2.45) is 5.11 Å². The van der Waals surface area contributed by atoms with Gasteiger partial charge in [0.2, 0.25) is 0 Å². The first-order valence-electron chi connectivity index (χ1n) is 5.37. The third-order valence-corrected chi connectivity index (χ3v) is 2.73. The summed E-state index contributed by atoms with van der Waals surface area (Å²) in [5.74, 6) is -0.498. The van der Waals surface area contributed by atoms with E-state index in [2.05, 4.69) is 10.0 Å². The van der Waals surface area contributed by atoms with E-state index in [1.807, 2.05) is 30.3 Å². The van der Waals surface area contributed by atoms with Gasteiger partial charge in [-0.25, -0.2) is 0 Å². The molecular weight excluding hydrogens is 218 g/mol. The molecule has 0 aliphatic heterocycles. The Morgan fingerprint density at radius 2 is 2.12 bits per heavy atom. The molecule has 5 nitrogen and oxygen atoms in total. The summed E-state index contributed by atoms with van der Waals surface area (Å²) >= 11 is 0. The van der Waals surface area contributed by atoms with Crippen LogP contribution in [-0.4, -0.2) is 18.6 Å². The average molecular weight is 233 g/mol. The summed E-state index contributed by atoms with van der Waals surface area (Å²) in [5, 5.41) is 3.65. The highest BCUT2D eigenvalue weighted by Crippen LogP contribution is 2.24. The number of ether oxygens (including phenoxy) is 1. The molecule has 1 rings (SSSR count). The number of hydrogen-bond donors (Lipinski definition) is 0. The van der Waals surface area contributed by atoms with Gasteiger partial charge in [0.25, 0.3) is 0 Å². The van der Waals surface area contributed by atoms with Crippen molar-refractivity contribution in [1.29, 1.82) is 0 Å².